The number of hydrogen-bond donors (Lipinski definition) is 1. The first-order valence-corrected chi connectivity index (χ1v) is 12.9. The smallest absolute Gasteiger partial charge is 0.261 e. The van der Waals surface area contributed by atoms with Crippen LogP contribution in [0.3, 0.4) is 0 Å². The topological polar surface area (TPSA) is 58.6 Å². The fraction of sp³-hybridized carbons (Fsp3) is 0.310. The summed E-state index contributed by atoms with van der Waals surface area (Å²) in [5.41, 5.74) is 3.13. The molecule has 0 aliphatic carbocycles. The van der Waals surface area contributed by atoms with Crippen molar-refractivity contribution in [1.82, 2.24) is 10.2 Å². The zero-order valence-electron chi connectivity index (χ0n) is 20.4. The highest BCUT2D eigenvalue weighted by Crippen LogP contribution is 2.26. The molecule has 2 amide bonds. The molecule has 0 aliphatic rings. The van der Waals surface area contributed by atoms with Crippen LogP contribution in [0.5, 0.6) is 5.75 Å². The molecule has 0 saturated heterocycles. The number of aryl methyl sites for hydroxylation is 1. The maximum absolute atomic E-state index is 13.6. The molecular formula is C29H33BrN2O3. The van der Waals surface area contributed by atoms with Gasteiger partial charge in [-0.3, -0.25) is 9.59 Å². The van der Waals surface area contributed by atoms with Crippen molar-refractivity contribution in [1.29, 1.82) is 0 Å². The van der Waals surface area contributed by atoms with Gasteiger partial charge < -0.3 is 15.0 Å². The molecule has 0 bridgehead atoms. The van der Waals surface area contributed by atoms with Crippen molar-refractivity contribution in [2.75, 3.05) is 13.2 Å². The van der Waals surface area contributed by atoms with Crippen LogP contribution in [0.1, 0.15) is 37.0 Å². The van der Waals surface area contributed by atoms with E-state index in [0.717, 1.165) is 28.4 Å². The van der Waals surface area contributed by atoms with Gasteiger partial charge in [0.05, 0.1) is 4.47 Å². The number of amides is 2. The molecule has 6 heteroatoms. The Labute approximate surface area is 216 Å². The van der Waals surface area contributed by atoms with Crippen LogP contribution in [-0.4, -0.2) is 35.9 Å². The lowest BCUT2D eigenvalue weighted by Crippen LogP contribution is -2.51. The third-order valence-corrected chi connectivity index (χ3v) is 6.39. The second kappa shape index (κ2) is 13.7. The van der Waals surface area contributed by atoms with E-state index < -0.39 is 6.04 Å². The van der Waals surface area contributed by atoms with Crippen LogP contribution in [0.2, 0.25) is 0 Å². The summed E-state index contributed by atoms with van der Waals surface area (Å²) < 4.78 is 6.71. The van der Waals surface area contributed by atoms with E-state index >= 15 is 0 Å². The predicted molar refractivity (Wildman–Crippen MR) is 143 cm³/mol. The Morgan fingerprint density at radius 2 is 1.57 bits per heavy atom. The molecular weight excluding hydrogens is 504 g/mol. The molecule has 0 aliphatic heterocycles. The number of carbonyl (C=O) groups is 2. The molecule has 35 heavy (non-hydrogen) atoms. The van der Waals surface area contributed by atoms with E-state index in [9.17, 15) is 9.59 Å². The number of hydrogen-bond acceptors (Lipinski definition) is 3. The summed E-state index contributed by atoms with van der Waals surface area (Å²) in [5.74, 6) is 0.201. The number of nitrogens with zero attached hydrogens (tertiary/aromatic N) is 1. The number of benzene rings is 3. The second-order valence-corrected chi connectivity index (χ2v) is 9.27. The molecule has 0 fully saturated rings. The van der Waals surface area contributed by atoms with E-state index in [2.05, 4.69) is 28.2 Å². The first kappa shape index (κ1) is 26.5. The van der Waals surface area contributed by atoms with Crippen LogP contribution < -0.4 is 10.1 Å². The molecule has 0 heterocycles. The number of rotatable bonds is 12. The van der Waals surface area contributed by atoms with Crippen LogP contribution in [0.15, 0.2) is 83.3 Å². The predicted octanol–water partition coefficient (Wildman–Crippen LogP) is 5.56. The summed E-state index contributed by atoms with van der Waals surface area (Å²) in [6.45, 7) is 4.81. The van der Waals surface area contributed by atoms with Gasteiger partial charge in [0.2, 0.25) is 5.91 Å². The van der Waals surface area contributed by atoms with Gasteiger partial charge >= 0.3 is 0 Å². The van der Waals surface area contributed by atoms with Gasteiger partial charge in [-0.15, -0.1) is 0 Å². The van der Waals surface area contributed by atoms with Gasteiger partial charge in [-0.25, -0.2) is 0 Å². The average Bonchev–Trinajstić information content (AvgIpc) is 2.89. The summed E-state index contributed by atoms with van der Waals surface area (Å²) in [6.07, 6.45) is 2.15. The number of carbonyl (C=O) groups excluding carboxylic acids is 2. The van der Waals surface area contributed by atoms with Gasteiger partial charge in [0, 0.05) is 19.5 Å². The summed E-state index contributed by atoms with van der Waals surface area (Å²) in [7, 11) is 0. The van der Waals surface area contributed by atoms with Crippen molar-refractivity contribution in [2.45, 2.75) is 45.7 Å². The highest BCUT2D eigenvalue weighted by molar-refractivity contribution is 9.10. The first-order chi connectivity index (χ1) is 17.0. The third-order valence-electron chi connectivity index (χ3n) is 5.77. The zero-order chi connectivity index (χ0) is 25.0. The lowest BCUT2D eigenvalue weighted by molar-refractivity contribution is -0.142. The first-order valence-electron chi connectivity index (χ1n) is 12.1. The summed E-state index contributed by atoms with van der Waals surface area (Å²) in [6, 6.07) is 24.7. The molecule has 3 aromatic carbocycles. The molecule has 184 valence electrons. The Hall–Kier alpha value is -3.12. The van der Waals surface area contributed by atoms with E-state index in [1.54, 1.807) is 4.90 Å². The van der Waals surface area contributed by atoms with Crippen molar-refractivity contribution < 1.29 is 14.3 Å². The van der Waals surface area contributed by atoms with Crippen LogP contribution >= 0.6 is 15.9 Å². The molecule has 0 aromatic heterocycles. The minimum atomic E-state index is -0.661. The Kier molecular flexibility index (Phi) is 10.4. The second-order valence-electron chi connectivity index (χ2n) is 8.41. The third kappa shape index (κ3) is 7.96. The molecule has 0 spiro atoms. The molecule has 1 unspecified atom stereocenters. The van der Waals surface area contributed by atoms with E-state index in [-0.39, 0.29) is 18.4 Å². The summed E-state index contributed by atoms with van der Waals surface area (Å²) >= 11 is 3.54. The SMILES string of the molecule is CCCNC(=O)C(Cc1ccccc1)N(Cc1ccccc1)C(=O)COc1ccc(CC)cc1Br. The van der Waals surface area contributed by atoms with Crippen molar-refractivity contribution in [3.05, 3.63) is 100 Å². The molecule has 1 N–H and O–H groups in total. The molecule has 0 radical (unpaired) electrons. The average molecular weight is 537 g/mol. The van der Waals surface area contributed by atoms with Gasteiger partial charge in [0.15, 0.2) is 6.61 Å². The Balaban J connectivity index is 1.87. The number of nitrogens with one attached hydrogen (secondary N) is 1. The van der Waals surface area contributed by atoms with E-state index in [1.807, 2.05) is 85.8 Å². The van der Waals surface area contributed by atoms with Gasteiger partial charge in [-0.2, -0.15) is 0 Å². The summed E-state index contributed by atoms with van der Waals surface area (Å²) in [5, 5.41) is 2.99. The fourth-order valence-corrected chi connectivity index (χ4v) is 4.34. The van der Waals surface area contributed by atoms with Crippen LogP contribution in [0.25, 0.3) is 0 Å². The number of halogens is 1. The quantitative estimate of drug-likeness (QED) is 0.329. The fourth-order valence-electron chi connectivity index (χ4n) is 3.80. The maximum atomic E-state index is 13.6. The Morgan fingerprint density at radius 1 is 0.914 bits per heavy atom. The monoisotopic (exact) mass is 536 g/mol. The lowest BCUT2D eigenvalue weighted by Gasteiger charge is -2.31. The summed E-state index contributed by atoms with van der Waals surface area (Å²) in [4.78, 5) is 28.5. The van der Waals surface area contributed by atoms with E-state index in [1.165, 1.54) is 5.56 Å². The Morgan fingerprint density at radius 3 is 2.17 bits per heavy atom. The van der Waals surface area contributed by atoms with Crippen LogP contribution in [0.4, 0.5) is 0 Å². The van der Waals surface area contributed by atoms with E-state index in [0.29, 0.717) is 25.3 Å². The molecule has 3 aromatic rings. The number of ether oxygens (including phenoxy) is 1. The largest absolute Gasteiger partial charge is 0.483 e. The standard InChI is InChI=1S/C29H33BrN2O3/c1-3-17-31-29(34)26(19-23-11-7-5-8-12-23)32(20-24-13-9-6-10-14-24)28(33)21-35-27-16-15-22(4-2)18-25(27)30/h5-16,18,26H,3-4,17,19-21H2,1-2H3,(H,31,34). The normalized spacial score (nSPS) is 11.5. The van der Waals surface area contributed by atoms with Crippen molar-refractivity contribution >= 4 is 27.7 Å². The molecule has 5 nitrogen and oxygen atoms in total. The van der Waals surface area contributed by atoms with Gasteiger partial charge in [-0.05, 0) is 57.6 Å². The Bertz CT molecular complexity index is 1090. The van der Waals surface area contributed by atoms with Gasteiger partial charge in [0.25, 0.3) is 5.91 Å². The minimum Gasteiger partial charge on any atom is -0.483 e. The van der Waals surface area contributed by atoms with Crippen LogP contribution in [0, 0.1) is 0 Å². The maximum Gasteiger partial charge on any atom is 0.261 e. The minimum absolute atomic E-state index is 0.159. The van der Waals surface area contributed by atoms with Crippen molar-refractivity contribution in [3.8, 4) is 5.75 Å². The van der Waals surface area contributed by atoms with Crippen molar-refractivity contribution in [2.24, 2.45) is 0 Å². The van der Waals surface area contributed by atoms with Crippen molar-refractivity contribution in [3.63, 3.8) is 0 Å². The molecule has 1 atom stereocenters. The highest BCUT2D eigenvalue weighted by Gasteiger charge is 2.30. The van der Waals surface area contributed by atoms with E-state index in [4.69, 9.17) is 4.74 Å². The highest BCUT2D eigenvalue weighted by atomic mass is 79.9. The molecule has 0 saturated carbocycles. The van der Waals surface area contributed by atoms with Gasteiger partial charge in [-0.1, -0.05) is 80.6 Å². The van der Waals surface area contributed by atoms with Crippen LogP contribution in [-0.2, 0) is 29.0 Å². The zero-order valence-corrected chi connectivity index (χ0v) is 22.0. The van der Waals surface area contributed by atoms with Gasteiger partial charge in [0.1, 0.15) is 11.8 Å². The lowest BCUT2D eigenvalue weighted by atomic mass is 10.0. The molecule has 3 rings (SSSR count).